The van der Waals surface area contributed by atoms with E-state index in [1.165, 1.54) is 24.3 Å². The predicted octanol–water partition coefficient (Wildman–Crippen LogP) is 2.33. The second-order valence-corrected chi connectivity index (χ2v) is 5.26. The van der Waals surface area contributed by atoms with Crippen molar-refractivity contribution < 1.29 is 9.18 Å². The maximum Gasteiger partial charge on any atom is 0.251 e. The Balaban J connectivity index is 1.44. The van der Waals surface area contributed by atoms with E-state index in [4.69, 9.17) is 0 Å². The number of nitrogens with one attached hydrogen (secondary N) is 2. The second-order valence-electron chi connectivity index (χ2n) is 5.26. The van der Waals surface area contributed by atoms with Crippen LogP contribution in [-0.2, 0) is 0 Å². The summed E-state index contributed by atoms with van der Waals surface area (Å²) in [5.41, 5.74) is 0.444. The zero-order chi connectivity index (χ0) is 15.4. The van der Waals surface area contributed by atoms with Gasteiger partial charge in [-0.15, -0.1) is 0 Å². The summed E-state index contributed by atoms with van der Waals surface area (Å²) in [4.78, 5) is 20.5. The van der Waals surface area contributed by atoms with Crippen LogP contribution < -0.4 is 10.6 Å². The molecule has 0 radical (unpaired) electrons. The summed E-state index contributed by atoms with van der Waals surface area (Å²) in [7, 11) is 0. The number of benzene rings is 1. The van der Waals surface area contributed by atoms with Gasteiger partial charge in [0, 0.05) is 30.8 Å². The molecular formula is C16H17FN4O. The molecule has 1 heterocycles. The minimum atomic E-state index is -0.353. The topological polar surface area (TPSA) is 66.9 Å². The molecule has 0 atom stereocenters. The Kier molecular flexibility index (Phi) is 4.27. The van der Waals surface area contributed by atoms with Crippen molar-refractivity contribution in [1.82, 2.24) is 15.3 Å². The summed E-state index contributed by atoms with van der Waals surface area (Å²) in [6.07, 6.45) is 4.08. The Morgan fingerprint density at radius 2 is 1.95 bits per heavy atom. The van der Waals surface area contributed by atoms with Crippen LogP contribution in [0.25, 0.3) is 0 Å². The number of hydrogen-bond acceptors (Lipinski definition) is 4. The van der Waals surface area contributed by atoms with Gasteiger partial charge in [0.2, 0.25) is 0 Å². The molecule has 1 saturated carbocycles. The van der Waals surface area contributed by atoms with Gasteiger partial charge in [-0.25, -0.2) is 14.4 Å². The van der Waals surface area contributed by atoms with Gasteiger partial charge < -0.3 is 10.6 Å². The number of rotatable bonds is 6. The monoisotopic (exact) mass is 300 g/mol. The molecule has 0 unspecified atom stereocenters. The standard InChI is InChI=1S/C16H17FN4O/c17-13-5-3-12(4-6-13)16(22)20-10-9-18-14-7-8-19-15(21-14)11-1-2-11/h3-8,11H,1-2,9-10H2,(H,20,22)(H,18,19,21). The van der Waals surface area contributed by atoms with Crippen LogP contribution in [0.5, 0.6) is 0 Å². The molecule has 5 nitrogen and oxygen atoms in total. The van der Waals surface area contributed by atoms with Crippen LogP contribution in [0.2, 0.25) is 0 Å². The smallest absolute Gasteiger partial charge is 0.251 e. The number of carbonyl (C=O) groups excluding carboxylic acids is 1. The van der Waals surface area contributed by atoms with Crippen molar-refractivity contribution in [1.29, 1.82) is 0 Å². The molecule has 2 aromatic rings. The Morgan fingerprint density at radius 3 is 2.68 bits per heavy atom. The minimum Gasteiger partial charge on any atom is -0.368 e. The van der Waals surface area contributed by atoms with Crippen molar-refractivity contribution >= 4 is 11.7 Å². The highest BCUT2D eigenvalue weighted by Crippen LogP contribution is 2.37. The third kappa shape index (κ3) is 3.78. The average Bonchev–Trinajstić information content (AvgIpc) is 3.37. The number of hydrogen-bond donors (Lipinski definition) is 2. The quantitative estimate of drug-likeness (QED) is 0.804. The zero-order valence-corrected chi connectivity index (χ0v) is 12.1. The molecule has 0 saturated heterocycles. The van der Waals surface area contributed by atoms with E-state index in [2.05, 4.69) is 20.6 Å². The first-order chi connectivity index (χ1) is 10.7. The molecule has 1 aliphatic rings. The summed E-state index contributed by atoms with van der Waals surface area (Å²) in [5, 5.41) is 5.93. The predicted molar refractivity (Wildman–Crippen MR) is 81.2 cm³/mol. The fourth-order valence-corrected chi connectivity index (χ4v) is 2.08. The molecule has 22 heavy (non-hydrogen) atoms. The van der Waals surface area contributed by atoms with E-state index in [1.807, 2.05) is 6.07 Å². The molecule has 1 aromatic carbocycles. The molecule has 2 N–H and O–H groups in total. The lowest BCUT2D eigenvalue weighted by Crippen LogP contribution is -2.28. The van der Waals surface area contributed by atoms with Crippen LogP contribution in [0, 0.1) is 5.82 Å². The molecule has 0 spiro atoms. The summed E-state index contributed by atoms with van der Waals surface area (Å²) in [6.45, 7) is 1.02. The number of halogens is 1. The molecule has 3 rings (SSSR count). The van der Waals surface area contributed by atoms with Crippen molar-refractivity contribution in [2.45, 2.75) is 18.8 Å². The van der Waals surface area contributed by atoms with Crippen molar-refractivity contribution in [3.8, 4) is 0 Å². The van der Waals surface area contributed by atoms with Gasteiger partial charge in [-0.2, -0.15) is 0 Å². The number of aromatic nitrogens is 2. The molecule has 0 bridgehead atoms. The maximum atomic E-state index is 12.8. The molecule has 114 valence electrons. The fourth-order valence-electron chi connectivity index (χ4n) is 2.08. The molecule has 0 aliphatic heterocycles. The number of amides is 1. The number of carbonyl (C=O) groups is 1. The molecule has 6 heteroatoms. The lowest BCUT2D eigenvalue weighted by Gasteiger charge is -2.08. The molecule has 1 fully saturated rings. The van der Waals surface area contributed by atoms with E-state index >= 15 is 0 Å². The summed E-state index contributed by atoms with van der Waals surface area (Å²) in [6, 6.07) is 7.28. The van der Waals surface area contributed by atoms with Gasteiger partial charge in [0.05, 0.1) is 0 Å². The van der Waals surface area contributed by atoms with Crippen LogP contribution in [0.15, 0.2) is 36.5 Å². The van der Waals surface area contributed by atoms with Gasteiger partial charge in [0.25, 0.3) is 5.91 Å². The summed E-state index contributed by atoms with van der Waals surface area (Å²) in [5.74, 6) is 1.60. The van der Waals surface area contributed by atoms with Crippen molar-refractivity contribution in [2.24, 2.45) is 0 Å². The van der Waals surface area contributed by atoms with Crippen molar-refractivity contribution in [3.63, 3.8) is 0 Å². The Morgan fingerprint density at radius 1 is 1.18 bits per heavy atom. The van der Waals surface area contributed by atoms with Gasteiger partial charge in [0.15, 0.2) is 0 Å². The Bertz CT molecular complexity index is 655. The molecule has 1 aromatic heterocycles. The van der Waals surface area contributed by atoms with Crippen LogP contribution in [-0.4, -0.2) is 29.0 Å². The number of nitrogens with zero attached hydrogens (tertiary/aromatic N) is 2. The largest absolute Gasteiger partial charge is 0.368 e. The number of anilines is 1. The normalized spacial score (nSPS) is 13.7. The zero-order valence-electron chi connectivity index (χ0n) is 12.1. The van der Waals surface area contributed by atoms with Gasteiger partial charge in [-0.1, -0.05) is 0 Å². The summed E-state index contributed by atoms with van der Waals surface area (Å²) >= 11 is 0. The fraction of sp³-hybridized carbons (Fsp3) is 0.312. The van der Waals surface area contributed by atoms with Gasteiger partial charge in [0.1, 0.15) is 17.5 Å². The highest BCUT2D eigenvalue weighted by molar-refractivity contribution is 5.94. The van der Waals surface area contributed by atoms with E-state index in [0.29, 0.717) is 24.6 Å². The highest BCUT2D eigenvalue weighted by Gasteiger charge is 2.26. The Labute approximate surface area is 128 Å². The summed E-state index contributed by atoms with van der Waals surface area (Å²) < 4.78 is 12.8. The third-order valence-corrected chi connectivity index (χ3v) is 3.44. The lowest BCUT2D eigenvalue weighted by molar-refractivity contribution is 0.0955. The van der Waals surface area contributed by atoms with Crippen LogP contribution in [0.3, 0.4) is 0 Å². The minimum absolute atomic E-state index is 0.219. The molecule has 1 aliphatic carbocycles. The van der Waals surface area contributed by atoms with Gasteiger partial charge in [-0.3, -0.25) is 4.79 Å². The first-order valence-corrected chi connectivity index (χ1v) is 7.33. The average molecular weight is 300 g/mol. The SMILES string of the molecule is O=C(NCCNc1ccnc(C2CC2)n1)c1ccc(F)cc1. The van der Waals surface area contributed by atoms with Crippen molar-refractivity contribution in [3.05, 3.63) is 53.7 Å². The lowest BCUT2D eigenvalue weighted by atomic mass is 10.2. The van der Waals surface area contributed by atoms with Crippen molar-refractivity contribution in [2.75, 3.05) is 18.4 Å². The second kappa shape index (κ2) is 6.51. The van der Waals surface area contributed by atoms with Crippen LogP contribution >= 0.6 is 0 Å². The first-order valence-electron chi connectivity index (χ1n) is 7.33. The van der Waals surface area contributed by atoms with E-state index in [0.717, 1.165) is 24.5 Å². The maximum absolute atomic E-state index is 12.8. The van der Waals surface area contributed by atoms with E-state index in [-0.39, 0.29) is 11.7 Å². The third-order valence-electron chi connectivity index (χ3n) is 3.44. The molecule has 1 amide bonds. The van der Waals surface area contributed by atoms with Gasteiger partial charge >= 0.3 is 0 Å². The van der Waals surface area contributed by atoms with E-state index in [9.17, 15) is 9.18 Å². The van der Waals surface area contributed by atoms with Crippen LogP contribution in [0.4, 0.5) is 10.2 Å². The molecular weight excluding hydrogens is 283 g/mol. The van der Waals surface area contributed by atoms with Crippen LogP contribution in [0.1, 0.15) is 34.9 Å². The van der Waals surface area contributed by atoms with E-state index < -0.39 is 0 Å². The highest BCUT2D eigenvalue weighted by atomic mass is 19.1. The Hall–Kier alpha value is -2.50. The van der Waals surface area contributed by atoms with Gasteiger partial charge in [-0.05, 0) is 43.2 Å². The van der Waals surface area contributed by atoms with E-state index in [1.54, 1.807) is 6.20 Å². The first kappa shape index (κ1) is 14.4.